The molecular formula is C11H13ClO3. The number of carboxylic acids is 1. The van der Waals surface area contributed by atoms with Gasteiger partial charge < -0.3 is 10.2 Å². The van der Waals surface area contributed by atoms with Crippen LogP contribution in [-0.2, 0) is 11.2 Å². The van der Waals surface area contributed by atoms with Gasteiger partial charge >= 0.3 is 5.97 Å². The minimum Gasteiger partial charge on any atom is -0.506 e. The molecule has 0 unspecified atom stereocenters. The Morgan fingerprint density at radius 3 is 2.73 bits per heavy atom. The molecule has 3 nitrogen and oxygen atoms in total. The SMILES string of the molecule is Cc1cc(O)c(Cl)cc1CCCC(=O)O. The van der Waals surface area contributed by atoms with Crippen LogP contribution < -0.4 is 0 Å². The van der Waals surface area contributed by atoms with E-state index in [0.717, 1.165) is 11.1 Å². The van der Waals surface area contributed by atoms with Crippen LogP contribution in [0.2, 0.25) is 5.02 Å². The first-order valence-electron chi connectivity index (χ1n) is 4.70. The van der Waals surface area contributed by atoms with Crippen LogP contribution in [0.4, 0.5) is 0 Å². The lowest BCUT2D eigenvalue weighted by molar-refractivity contribution is -0.137. The third-order valence-corrected chi connectivity index (χ3v) is 2.54. The number of carbonyl (C=O) groups is 1. The van der Waals surface area contributed by atoms with Crippen molar-refractivity contribution in [3.05, 3.63) is 28.3 Å². The molecule has 82 valence electrons. The summed E-state index contributed by atoms with van der Waals surface area (Å²) < 4.78 is 0. The molecule has 0 aromatic heterocycles. The highest BCUT2D eigenvalue weighted by atomic mass is 35.5. The summed E-state index contributed by atoms with van der Waals surface area (Å²) in [6, 6.07) is 3.28. The molecule has 0 atom stereocenters. The lowest BCUT2D eigenvalue weighted by atomic mass is 10.0. The predicted octanol–water partition coefficient (Wildman–Crippen LogP) is 2.76. The summed E-state index contributed by atoms with van der Waals surface area (Å²) in [5.41, 5.74) is 1.92. The van der Waals surface area contributed by atoms with Crippen LogP contribution in [0.5, 0.6) is 5.75 Å². The van der Waals surface area contributed by atoms with Crippen LogP contribution in [0, 0.1) is 6.92 Å². The lowest BCUT2D eigenvalue weighted by Crippen LogP contribution is -1.97. The Bertz CT molecular complexity index is 374. The number of phenolic OH excluding ortho intramolecular Hbond substituents is 1. The van der Waals surface area contributed by atoms with E-state index < -0.39 is 5.97 Å². The van der Waals surface area contributed by atoms with Gasteiger partial charge in [-0.05, 0) is 43.0 Å². The van der Waals surface area contributed by atoms with Gasteiger partial charge in [0, 0.05) is 6.42 Å². The highest BCUT2D eigenvalue weighted by molar-refractivity contribution is 6.32. The van der Waals surface area contributed by atoms with Crippen LogP contribution in [0.3, 0.4) is 0 Å². The molecule has 0 radical (unpaired) electrons. The number of halogens is 1. The Morgan fingerprint density at radius 2 is 2.13 bits per heavy atom. The van der Waals surface area contributed by atoms with Crippen molar-refractivity contribution in [2.24, 2.45) is 0 Å². The van der Waals surface area contributed by atoms with E-state index in [1.165, 1.54) is 0 Å². The molecule has 0 spiro atoms. The van der Waals surface area contributed by atoms with Gasteiger partial charge in [-0.3, -0.25) is 4.79 Å². The van der Waals surface area contributed by atoms with Gasteiger partial charge in [-0.1, -0.05) is 11.6 Å². The second-order valence-electron chi connectivity index (χ2n) is 3.48. The Balaban J connectivity index is 2.69. The van der Waals surface area contributed by atoms with Crippen LogP contribution in [0.1, 0.15) is 24.0 Å². The zero-order chi connectivity index (χ0) is 11.4. The monoisotopic (exact) mass is 228 g/mol. The van der Waals surface area contributed by atoms with Gasteiger partial charge in [-0.15, -0.1) is 0 Å². The third-order valence-electron chi connectivity index (χ3n) is 2.24. The van der Waals surface area contributed by atoms with E-state index in [0.29, 0.717) is 17.9 Å². The number of hydrogen-bond acceptors (Lipinski definition) is 2. The molecule has 1 aromatic carbocycles. The van der Waals surface area contributed by atoms with Gasteiger partial charge in [-0.25, -0.2) is 0 Å². The average Bonchev–Trinajstić information content (AvgIpc) is 2.13. The third kappa shape index (κ3) is 3.44. The first-order valence-corrected chi connectivity index (χ1v) is 5.08. The van der Waals surface area contributed by atoms with Gasteiger partial charge in [0.25, 0.3) is 0 Å². The Hall–Kier alpha value is -1.22. The van der Waals surface area contributed by atoms with Crippen LogP contribution in [0.15, 0.2) is 12.1 Å². The summed E-state index contributed by atoms with van der Waals surface area (Å²) in [7, 11) is 0. The second-order valence-corrected chi connectivity index (χ2v) is 3.88. The highest BCUT2D eigenvalue weighted by Gasteiger charge is 2.05. The predicted molar refractivity (Wildman–Crippen MR) is 58.4 cm³/mol. The van der Waals surface area contributed by atoms with Crippen molar-refractivity contribution in [2.45, 2.75) is 26.2 Å². The summed E-state index contributed by atoms with van der Waals surface area (Å²) in [4.78, 5) is 10.3. The van der Waals surface area contributed by atoms with Crippen molar-refractivity contribution in [2.75, 3.05) is 0 Å². The molecule has 15 heavy (non-hydrogen) atoms. The van der Waals surface area contributed by atoms with Crippen molar-refractivity contribution in [3.63, 3.8) is 0 Å². The maximum Gasteiger partial charge on any atom is 0.303 e. The molecular weight excluding hydrogens is 216 g/mol. The molecule has 1 aromatic rings. The van der Waals surface area contributed by atoms with Gasteiger partial charge in [0.1, 0.15) is 5.75 Å². The Kier molecular flexibility index (Phi) is 3.97. The molecule has 1 rings (SSSR count). The fraction of sp³-hybridized carbons (Fsp3) is 0.364. The smallest absolute Gasteiger partial charge is 0.303 e. The minimum absolute atomic E-state index is 0.0659. The Morgan fingerprint density at radius 1 is 1.47 bits per heavy atom. The van der Waals surface area contributed by atoms with Crippen molar-refractivity contribution in [1.82, 2.24) is 0 Å². The Labute approximate surface area is 93.3 Å². The van der Waals surface area contributed by atoms with Crippen molar-refractivity contribution in [1.29, 1.82) is 0 Å². The van der Waals surface area contributed by atoms with E-state index >= 15 is 0 Å². The van der Waals surface area contributed by atoms with Gasteiger partial charge in [0.2, 0.25) is 0 Å². The van der Waals surface area contributed by atoms with Gasteiger partial charge in [0.15, 0.2) is 0 Å². The minimum atomic E-state index is -0.794. The lowest BCUT2D eigenvalue weighted by Gasteiger charge is -2.06. The first-order chi connectivity index (χ1) is 7.00. The molecule has 4 heteroatoms. The normalized spacial score (nSPS) is 10.3. The van der Waals surface area contributed by atoms with Gasteiger partial charge in [-0.2, -0.15) is 0 Å². The van der Waals surface area contributed by atoms with E-state index in [9.17, 15) is 9.90 Å². The molecule has 2 N–H and O–H groups in total. The van der Waals surface area contributed by atoms with Gasteiger partial charge in [0.05, 0.1) is 5.02 Å². The standard InChI is InChI=1S/C11H13ClO3/c1-7-5-10(13)9(12)6-8(7)3-2-4-11(14)15/h5-6,13H,2-4H2,1H3,(H,14,15). The summed E-state index contributed by atoms with van der Waals surface area (Å²) in [5.74, 6) is -0.728. The highest BCUT2D eigenvalue weighted by Crippen LogP contribution is 2.27. The average molecular weight is 229 g/mol. The number of aliphatic carboxylic acids is 1. The molecule has 0 bridgehead atoms. The van der Waals surface area contributed by atoms with Crippen LogP contribution in [0.25, 0.3) is 0 Å². The number of rotatable bonds is 4. The van der Waals surface area contributed by atoms with E-state index in [-0.39, 0.29) is 12.2 Å². The molecule has 0 amide bonds. The number of benzene rings is 1. The van der Waals surface area contributed by atoms with Crippen molar-refractivity contribution < 1.29 is 15.0 Å². The topological polar surface area (TPSA) is 57.5 Å². The van der Waals surface area contributed by atoms with Crippen molar-refractivity contribution in [3.8, 4) is 5.75 Å². The van der Waals surface area contributed by atoms with E-state index in [2.05, 4.69) is 0 Å². The zero-order valence-electron chi connectivity index (χ0n) is 8.46. The molecule has 0 aliphatic rings. The molecule has 0 aliphatic carbocycles. The summed E-state index contributed by atoms with van der Waals surface area (Å²) >= 11 is 5.76. The number of aromatic hydroxyl groups is 1. The molecule has 0 heterocycles. The summed E-state index contributed by atoms with van der Waals surface area (Å²) in [5, 5.41) is 18.1. The summed E-state index contributed by atoms with van der Waals surface area (Å²) in [6.07, 6.45) is 1.40. The maximum atomic E-state index is 10.3. The fourth-order valence-electron chi connectivity index (χ4n) is 1.41. The number of phenols is 1. The van der Waals surface area contributed by atoms with Crippen molar-refractivity contribution >= 4 is 17.6 Å². The first kappa shape index (κ1) is 11.9. The van der Waals surface area contributed by atoms with E-state index in [4.69, 9.17) is 16.7 Å². The van der Waals surface area contributed by atoms with Crippen LogP contribution in [-0.4, -0.2) is 16.2 Å². The number of carboxylic acid groups (broad SMARTS) is 1. The molecule has 0 saturated carbocycles. The van der Waals surface area contributed by atoms with E-state index in [1.807, 2.05) is 6.92 Å². The second kappa shape index (κ2) is 5.03. The van der Waals surface area contributed by atoms with Crippen LogP contribution >= 0.6 is 11.6 Å². The maximum absolute atomic E-state index is 10.3. The fourth-order valence-corrected chi connectivity index (χ4v) is 1.59. The summed E-state index contributed by atoms with van der Waals surface area (Å²) in [6.45, 7) is 1.87. The molecule has 0 aliphatic heterocycles. The zero-order valence-corrected chi connectivity index (χ0v) is 9.21. The number of hydrogen-bond donors (Lipinski definition) is 2. The number of aryl methyl sites for hydroxylation is 2. The molecule has 0 fully saturated rings. The largest absolute Gasteiger partial charge is 0.506 e. The van der Waals surface area contributed by atoms with E-state index in [1.54, 1.807) is 12.1 Å². The quantitative estimate of drug-likeness (QED) is 0.833. The molecule has 0 saturated heterocycles.